The van der Waals surface area contributed by atoms with Crippen LogP contribution in [-0.2, 0) is 0 Å². The monoisotopic (exact) mass is 133 g/mol. The van der Waals surface area contributed by atoms with Gasteiger partial charge in [-0.3, -0.25) is 5.32 Å². The van der Waals surface area contributed by atoms with E-state index in [0.29, 0.717) is 5.69 Å². The maximum Gasteiger partial charge on any atom is 0.181 e. The summed E-state index contributed by atoms with van der Waals surface area (Å²) < 4.78 is 0. The van der Waals surface area contributed by atoms with E-state index in [9.17, 15) is 0 Å². The van der Waals surface area contributed by atoms with E-state index in [1.807, 2.05) is 6.19 Å². The number of hydrogen-bond donors (Lipinski definition) is 2. The predicted molar refractivity (Wildman–Crippen MR) is 40.1 cm³/mol. The van der Waals surface area contributed by atoms with Gasteiger partial charge in [-0.25, -0.2) is 0 Å². The zero-order valence-corrected chi connectivity index (χ0v) is 5.33. The van der Waals surface area contributed by atoms with Crippen LogP contribution >= 0.6 is 0 Å². The summed E-state index contributed by atoms with van der Waals surface area (Å²) >= 11 is 0. The lowest BCUT2D eigenvalue weighted by Crippen LogP contribution is -1.88. The first-order valence-electron chi connectivity index (χ1n) is 2.83. The van der Waals surface area contributed by atoms with Gasteiger partial charge in [0.15, 0.2) is 6.19 Å². The van der Waals surface area contributed by atoms with Crippen LogP contribution in [-0.4, -0.2) is 0 Å². The summed E-state index contributed by atoms with van der Waals surface area (Å²) in [6, 6.07) is 6.97. The van der Waals surface area contributed by atoms with E-state index in [4.69, 9.17) is 11.0 Å². The zero-order chi connectivity index (χ0) is 7.40. The van der Waals surface area contributed by atoms with Gasteiger partial charge >= 0.3 is 0 Å². The number of nitrogen functional groups attached to an aromatic ring is 1. The molecule has 1 aromatic carbocycles. The van der Waals surface area contributed by atoms with Gasteiger partial charge in [0.2, 0.25) is 0 Å². The molecule has 0 amide bonds. The summed E-state index contributed by atoms with van der Waals surface area (Å²) in [5, 5.41) is 10.7. The summed E-state index contributed by atoms with van der Waals surface area (Å²) in [5.41, 5.74) is 6.87. The molecule has 0 heterocycles. The van der Waals surface area contributed by atoms with E-state index < -0.39 is 0 Å². The molecule has 0 atom stereocenters. The van der Waals surface area contributed by atoms with E-state index in [2.05, 4.69) is 5.32 Å². The summed E-state index contributed by atoms with van der Waals surface area (Å²) in [4.78, 5) is 0. The summed E-state index contributed by atoms with van der Waals surface area (Å²) in [6.45, 7) is 0. The Bertz CT molecular complexity index is 245. The molecule has 1 rings (SSSR count). The highest BCUT2D eigenvalue weighted by Gasteiger charge is 1.86. The molecule has 50 valence electrons. The zero-order valence-electron chi connectivity index (χ0n) is 5.33. The lowest BCUT2D eigenvalue weighted by molar-refractivity contribution is 1.47. The van der Waals surface area contributed by atoms with Gasteiger partial charge in [-0.2, -0.15) is 5.26 Å². The van der Waals surface area contributed by atoms with Crippen LogP contribution in [0.15, 0.2) is 24.3 Å². The van der Waals surface area contributed by atoms with Gasteiger partial charge in [0.05, 0.1) is 0 Å². The fourth-order valence-corrected chi connectivity index (χ4v) is 0.631. The number of anilines is 2. The van der Waals surface area contributed by atoms with Gasteiger partial charge in [0.25, 0.3) is 0 Å². The number of benzene rings is 1. The Hall–Kier alpha value is -1.69. The number of hydrogen-bond acceptors (Lipinski definition) is 3. The summed E-state index contributed by atoms with van der Waals surface area (Å²) in [7, 11) is 0. The van der Waals surface area contributed by atoms with Crippen molar-refractivity contribution < 1.29 is 0 Å². The number of nitriles is 1. The SMILES string of the molecule is N#CNc1ccc(N)cc1. The van der Waals surface area contributed by atoms with Crippen LogP contribution < -0.4 is 11.1 Å². The average Bonchev–Trinajstić information content (AvgIpc) is 1.95. The van der Waals surface area contributed by atoms with Crippen LogP contribution in [0.4, 0.5) is 11.4 Å². The third-order valence-electron chi connectivity index (χ3n) is 1.11. The Morgan fingerprint density at radius 3 is 2.40 bits per heavy atom. The Balaban J connectivity index is 2.81. The van der Waals surface area contributed by atoms with Crippen molar-refractivity contribution >= 4 is 11.4 Å². The first-order chi connectivity index (χ1) is 4.83. The fraction of sp³-hybridized carbons (Fsp3) is 0. The second kappa shape index (κ2) is 2.74. The van der Waals surface area contributed by atoms with E-state index >= 15 is 0 Å². The lowest BCUT2D eigenvalue weighted by Gasteiger charge is -1.95. The smallest absolute Gasteiger partial charge is 0.181 e. The van der Waals surface area contributed by atoms with Crippen molar-refractivity contribution in [3.8, 4) is 6.19 Å². The highest BCUT2D eigenvalue weighted by molar-refractivity contribution is 5.52. The van der Waals surface area contributed by atoms with Crippen molar-refractivity contribution in [3.05, 3.63) is 24.3 Å². The molecule has 0 saturated heterocycles. The average molecular weight is 133 g/mol. The highest BCUT2D eigenvalue weighted by Crippen LogP contribution is 2.08. The lowest BCUT2D eigenvalue weighted by atomic mass is 10.3. The quantitative estimate of drug-likeness (QED) is 0.343. The number of nitrogens with one attached hydrogen (secondary N) is 1. The molecular formula is C7H7N3. The summed E-state index contributed by atoms with van der Waals surface area (Å²) in [5.74, 6) is 0. The standard InChI is InChI=1S/C7H7N3/c8-5-10-7-3-1-6(9)2-4-7/h1-4,10H,9H2. The third kappa shape index (κ3) is 1.39. The van der Waals surface area contributed by atoms with Gasteiger partial charge in [0, 0.05) is 11.4 Å². The van der Waals surface area contributed by atoms with Crippen LogP contribution in [0.2, 0.25) is 0 Å². The van der Waals surface area contributed by atoms with Crippen LogP contribution in [0.5, 0.6) is 0 Å². The molecule has 0 unspecified atom stereocenters. The highest BCUT2D eigenvalue weighted by atomic mass is 14.9. The van der Waals surface area contributed by atoms with E-state index in [1.165, 1.54) is 0 Å². The minimum atomic E-state index is 0.698. The van der Waals surface area contributed by atoms with Crippen LogP contribution in [0.1, 0.15) is 0 Å². The van der Waals surface area contributed by atoms with Gasteiger partial charge in [0.1, 0.15) is 0 Å². The van der Waals surface area contributed by atoms with Crippen molar-refractivity contribution in [2.75, 3.05) is 11.1 Å². The molecule has 0 spiro atoms. The van der Waals surface area contributed by atoms with Crippen molar-refractivity contribution in [2.45, 2.75) is 0 Å². The maximum absolute atomic E-state index is 8.20. The predicted octanol–water partition coefficient (Wildman–Crippen LogP) is 1.16. The molecule has 3 N–H and O–H groups in total. The molecule has 0 aliphatic rings. The number of nitrogens with zero attached hydrogens (tertiary/aromatic N) is 1. The van der Waals surface area contributed by atoms with Gasteiger partial charge in [-0.05, 0) is 24.3 Å². The third-order valence-corrected chi connectivity index (χ3v) is 1.11. The first-order valence-corrected chi connectivity index (χ1v) is 2.83. The number of nitrogens with two attached hydrogens (primary N) is 1. The van der Waals surface area contributed by atoms with E-state index in [1.54, 1.807) is 24.3 Å². The fourth-order valence-electron chi connectivity index (χ4n) is 0.631. The molecule has 1 aromatic rings. The molecule has 0 aliphatic carbocycles. The second-order valence-corrected chi connectivity index (χ2v) is 1.86. The van der Waals surface area contributed by atoms with Gasteiger partial charge < -0.3 is 5.73 Å². The molecule has 3 heteroatoms. The molecule has 0 saturated carbocycles. The molecule has 10 heavy (non-hydrogen) atoms. The molecule has 0 radical (unpaired) electrons. The second-order valence-electron chi connectivity index (χ2n) is 1.86. The molecular weight excluding hydrogens is 126 g/mol. The van der Waals surface area contributed by atoms with Crippen LogP contribution in [0.25, 0.3) is 0 Å². The van der Waals surface area contributed by atoms with Crippen molar-refractivity contribution in [2.24, 2.45) is 0 Å². The largest absolute Gasteiger partial charge is 0.399 e. The van der Waals surface area contributed by atoms with E-state index in [0.717, 1.165) is 5.69 Å². The first kappa shape index (κ1) is 6.43. The molecule has 0 bridgehead atoms. The van der Waals surface area contributed by atoms with Gasteiger partial charge in [-0.15, -0.1) is 0 Å². The number of rotatable bonds is 1. The van der Waals surface area contributed by atoms with Crippen molar-refractivity contribution in [1.29, 1.82) is 5.26 Å². The van der Waals surface area contributed by atoms with Crippen molar-refractivity contribution in [1.82, 2.24) is 0 Å². The topological polar surface area (TPSA) is 61.8 Å². The Morgan fingerprint density at radius 2 is 1.90 bits per heavy atom. The Kier molecular flexibility index (Phi) is 1.76. The van der Waals surface area contributed by atoms with Gasteiger partial charge in [-0.1, -0.05) is 0 Å². The Labute approximate surface area is 59.1 Å². The minimum Gasteiger partial charge on any atom is -0.399 e. The van der Waals surface area contributed by atoms with Crippen LogP contribution in [0.3, 0.4) is 0 Å². The Morgan fingerprint density at radius 1 is 1.30 bits per heavy atom. The minimum absolute atomic E-state index is 0.698. The van der Waals surface area contributed by atoms with E-state index in [-0.39, 0.29) is 0 Å². The molecule has 0 aromatic heterocycles. The molecule has 0 aliphatic heterocycles. The molecule has 0 fully saturated rings. The summed E-state index contributed by atoms with van der Waals surface area (Å²) in [6.07, 6.45) is 1.81. The van der Waals surface area contributed by atoms with Crippen LogP contribution in [0, 0.1) is 11.5 Å². The maximum atomic E-state index is 8.20. The normalized spacial score (nSPS) is 8.30. The molecule has 3 nitrogen and oxygen atoms in total. The van der Waals surface area contributed by atoms with Crippen molar-refractivity contribution in [3.63, 3.8) is 0 Å².